The SMILES string of the molecule is CC(=O)Nc1nc(C)c(CCN2CCN(C(c3ccccc3)c3ccccc3)CC2)s1. The number of benzene rings is 2. The molecule has 0 aliphatic carbocycles. The summed E-state index contributed by atoms with van der Waals surface area (Å²) in [5.74, 6) is -0.0668. The van der Waals surface area contributed by atoms with Crippen LogP contribution in [-0.4, -0.2) is 53.4 Å². The molecule has 1 aromatic heterocycles. The summed E-state index contributed by atoms with van der Waals surface area (Å²) in [6, 6.07) is 22.0. The van der Waals surface area contributed by atoms with E-state index in [1.165, 1.54) is 22.9 Å². The van der Waals surface area contributed by atoms with Gasteiger partial charge in [-0.05, 0) is 24.5 Å². The van der Waals surface area contributed by atoms with Crippen molar-refractivity contribution in [1.29, 1.82) is 0 Å². The Kier molecular flexibility index (Phi) is 7.12. The molecule has 0 unspecified atom stereocenters. The zero-order valence-corrected chi connectivity index (χ0v) is 19.1. The quantitative estimate of drug-likeness (QED) is 0.600. The summed E-state index contributed by atoms with van der Waals surface area (Å²) >= 11 is 1.60. The van der Waals surface area contributed by atoms with Crippen molar-refractivity contribution in [2.75, 3.05) is 38.0 Å². The maximum atomic E-state index is 11.3. The second-order valence-electron chi connectivity index (χ2n) is 8.06. The summed E-state index contributed by atoms with van der Waals surface area (Å²) in [6.45, 7) is 8.80. The van der Waals surface area contributed by atoms with Gasteiger partial charge < -0.3 is 10.2 Å². The number of thiazole rings is 1. The molecule has 162 valence electrons. The molecule has 1 N–H and O–H groups in total. The van der Waals surface area contributed by atoms with Gasteiger partial charge in [-0.25, -0.2) is 4.98 Å². The van der Waals surface area contributed by atoms with E-state index in [2.05, 4.69) is 80.8 Å². The van der Waals surface area contributed by atoms with Crippen LogP contribution in [0.3, 0.4) is 0 Å². The number of anilines is 1. The van der Waals surface area contributed by atoms with Crippen molar-refractivity contribution in [3.8, 4) is 0 Å². The van der Waals surface area contributed by atoms with Crippen LogP contribution in [0.2, 0.25) is 0 Å². The lowest BCUT2D eigenvalue weighted by atomic mass is 9.96. The summed E-state index contributed by atoms with van der Waals surface area (Å²) in [5.41, 5.74) is 3.74. The van der Waals surface area contributed by atoms with E-state index in [4.69, 9.17) is 0 Å². The topological polar surface area (TPSA) is 48.5 Å². The van der Waals surface area contributed by atoms with Gasteiger partial charge in [-0.2, -0.15) is 0 Å². The number of carbonyl (C=O) groups is 1. The molecule has 1 aliphatic heterocycles. The predicted octanol–water partition coefficient (Wildman–Crippen LogP) is 4.36. The molecule has 1 aliphatic rings. The molecule has 6 heteroatoms. The molecule has 0 radical (unpaired) electrons. The minimum atomic E-state index is -0.0668. The summed E-state index contributed by atoms with van der Waals surface area (Å²) < 4.78 is 0. The van der Waals surface area contributed by atoms with Gasteiger partial charge in [0.1, 0.15) is 0 Å². The van der Waals surface area contributed by atoms with Crippen molar-refractivity contribution >= 4 is 22.4 Å². The third-order valence-electron chi connectivity index (χ3n) is 5.83. The van der Waals surface area contributed by atoms with Crippen molar-refractivity contribution < 1.29 is 4.79 Å². The molecule has 0 spiro atoms. The standard InChI is InChI=1S/C25H30N4OS/c1-19-23(31-25(26-19)27-20(2)30)13-14-28-15-17-29(18-16-28)24(21-9-5-3-6-10-21)22-11-7-4-8-12-22/h3-12,24H,13-18H2,1-2H3,(H,26,27,30). The highest BCUT2D eigenvalue weighted by atomic mass is 32.1. The van der Waals surface area contributed by atoms with Gasteiger partial charge in [-0.3, -0.25) is 9.69 Å². The third-order valence-corrected chi connectivity index (χ3v) is 6.97. The molecule has 1 amide bonds. The normalized spacial score (nSPS) is 15.3. The first-order valence-electron chi connectivity index (χ1n) is 10.9. The van der Waals surface area contributed by atoms with E-state index < -0.39 is 0 Å². The first-order valence-corrected chi connectivity index (χ1v) is 11.7. The van der Waals surface area contributed by atoms with Gasteiger partial charge in [0.05, 0.1) is 11.7 Å². The lowest BCUT2D eigenvalue weighted by Gasteiger charge is -2.39. The molecule has 2 aromatic carbocycles. The summed E-state index contributed by atoms with van der Waals surface area (Å²) in [7, 11) is 0. The molecule has 3 aromatic rings. The average Bonchev–Trinajstić information content (AvgIpc) is 3.13. The number of carbonyl (C=O) groups excluding carboxylic acids is 1. The number of hydrogen-bond acceptors (Lipinski definition) is 5. The van der Waals surface area contributed by atoms with E-state index >= 15 is 0 Å². The highest BCUT2D eigenvalue weighted by Crippen LogP contribution is 2.29. The third kappa shape index (κ3) is 5.58. The van der Waals surface area contributed by atoms with Crippen LogP contribution in [-0.2, 0) is 11.2 Å². The lowest BCUT2D eigenvalue weighted by molar-refractivity contribution is -0.114. The molecule has 0 saturated carbocycles. The number of aryl methyl sites for hydroxylation is 1. The Labute approximate surface area is 188 Å². The average molecular weight is 435 g/mol. The van der Waals surface area contributed by atoms with Crippen LogP contribution in [0.4, 0.5) is 5.13 Å². The van der Waals surface area contributed by atoms with Crippen LogP contribution in [0.5, 0.6) is 0 Å². The van der Waals surface area contributed by atoms with Gasteiger partial charge in [0.2, 0.25) is 5.91 Å². The number of aromatic nitrogens is 1. The summed E-state index contributed by atoms with van der Waals surface area (Å²) in [5, 5.41) is 3.51. The van der Waals surface area contributed by atoms with Gasteiger partial charge in [-0.15, -0.1) is 11.3 Å². The molecule has 4 rings (SSSR count). The summed E-state index contributed by atoms with van der Waals surface area (Å²) in [6.07, 6.45) is 0.976. The molecular formula is C25H30N4OS. The second kappa shape index (κ2) is 10.2. The molecular weight excluding hydrogens is 404 g/mol. The van der Waals surface area contributed by atoms with E-state index in [1.54, 1.807) is 11.3 Å². The van der Waals surface area contributed by atoms with Gasteiger partial charge >= 0.3 is 0 Å². The lowest BCUT2D eigenvalue weighted by Crippen LogP contribution is -2.48. The van der Waals surface area contributed by atoms with E-state index in [9.17, 15) is 4.79 Å². The van der Waals surface area contributed by atoms with E-state index in [0.29, 0.717) is 11.2 Å². The number of piperazine rings is 1. The molecule has 1 fully saturated rings. The van der Waals surface area contributed by atoms with Crippen LogP contribution in [0.25, 0.3) is 0 Å². The monoisotopic (exact) mass is 434 g/mol. The van der Waals surface area contributed by atoms with Gasteiger partial charge in [0.15, 0.2) is 5.13 Å². The smallest absolute Gasteiger partial charge is 0.223 e. The Bertz CT molecular complexity index is 942. The number of nitrogens with one attached hydrogen (secondary N) is 1. The Morgan fingerprint density at radius 1 is 1.00 bits per heavy atom. The molecule has 31 heavy (non-hydrogen) atoms. The fraction of sp³-hybridized carbons (Fsp3) is 0.360. The highest BCUT2D eigenvalue weighted by molar-refractivity contribution is 7.15. The van der Waals surface area contributed by atoms with Gasteiger partial charge in [-0.1, -0.05) is 60.7 Å². The van der Waals surface area contributed by atoms with Crippen molar-refractivity contribution in [3.63, 3.8) is 0 Å². The Morgan fingerprint density at radius 2 is 1.58 bits per heavy atom. The molecule has 2 heterocycles. The van der Waals surface area contributed by atoms with Crippen molar-refractivity contribution in [1.82, 2.24) is 14.8 Å². The van der Waals surface area contributed by atoms with Crippen molar-refractivity contribution in [2.24, 2.45) is 0 Å². The summed E-state index contributed by atoms with van der Waals surface area (Å²) in [4.78, 5) is 22.2. The fourth-order valence-corrected chi connectivity index (χ4v) is 5.25. The van der Waals surface area contributed by atoms with Gasteiger partial charge in [0.25, 0.3) is 0 Å². The Balaban J connectivity index is 1.37. The van der Waals surface area contributed by atoms with Gasteiger partial charge in [0, 0.05) is 44.5 Å². The van der Waals surface area contributed by atoms with Crippen molar-refractivity contribution in [3.05, 3.63) is 82.4 Å². The molecule has 0 atom stereocenters. The highest BCUT2D eigenvalue weighted by Gasteiger charge is 2.26. The molecule has 5 nitrogen and oxygen atoms in total. The van der Waals surface area contributed by atoms with Crippen molar-refractivity contribution in [2.45, 2.75) is 26.3 Å². The zero-order valence-electron chi connectivity index (χ0n) is 18.3. The number of nitrogens with zero attached hydrogens (tertiary/aromatic N) is 3. The van der Waals surface area contributed by atoms with Crippen LogP contribution in [0.1, 0.15) is 34.7 Å². The maximum absolute atomic E-state index is 11.3. The largest absolute Gasteiger partial charge is 0.302 e. The van der Waals surface area contributed by atoms with E-state index in [1.807, 2.05) is 6.92 Å². The first-order chi connectivity index (χ1) is 15.1. The van der Waals surface area contributed by atoms with Crippen LogP contribution in [0, 0.1) is 6.92 Å². The first kappa shape index (κ1) is 21.7. The van der Waals surface area contributed by atoms with Crippen LogP contribution >= 0.6 is 11.3 Å². The minimum absolute atomic E-state index is 0.0668. The maximum Gasteiger partial charge on any atom is 0.223 e. The number of hydrogen-bond donors (Lipinski definition) is 1. The fourth-order valence-electron chi connectivity index (χ4n) is 4.25. The predicted molar refractivity (Wildman–Crippen MR) is 128 cm³/mol. The molecule has 0 bridgehead atoms. The van der Waals surface area contributed by atoms with Crippen LogP contribution in [0.15, 0.2) is 60.7 Å². The minimum Gasteiger partial charge on any atom is -0.302 e. The van der Waals surface area contributed by atoms with Crippen LogP contribution < -0.4 is 5.32 Å². The zero-order chi connectivity index (χ0) is 21.6. The molecule has 1 saturated heterocycles. The number of rotatable bonds is 7. The number of amides is 1. The second-order valence-corrected chi connectivity index (χ2v) is 9.14. The van der Waals surface area contributed by atoms with E-state index in [-0.39, 0.29) is 5.91 Å². The Hall–Kier alpha value is -2.54. The van der Waals surface area contributed by atoms with E-state index in [0.717, 1.165) is 44.8 Å². The Morgan fingerprint density at radius 3 is 2.13 bits per heavy atom.